The van der Waals surface area contributed by atoms with E-state index in [1.165, 1.54) is 22.5 Å². The van der Waals surface area contributed by atoms with Crippen molar-refractivity contribution in [1.29, 1.82) is 0 Å². The van der Waals surface area contributed by atoms with Crippen molar-refractivity contribution >= 4 is 39.8 Å². The van der Waals surface area contributed by atoms with Crippen LogP contribution in [0.15, 0.2) is 42.6 Å². The Bertz CT molecular complexity index is 954. The van der Waals surface area contributed by atoms with Gasteiger partial charge in [0, 0.05) is 6.20 Å². The van der Waals surface area contributed by atoms with Crippen molar-refractivity contribution in [2.45, 2.75) is 25.8 Å². The summed E-state index contributed by atoms with van der Waals surface area (Å²) in [6, 6.07) is 11.9. The number of rotatable bonds is 4. The van der Waals surface area contributed by atoms with Crippen LogP contribution in [0.2, 0.25) is 5.02 Å². The van der Waals surface area contributed by atoms with E-state index in [0.29, 0.717) is 26.5 Å². The molecule has 2 aromatic heterocycles. The maximum Gasteiger partial charge on any atom is 0.263 e. The minimum absolute atomic E-state index is 0.0644. The fourth-order valence-electron chi connectivity index (χ4n) is 3.15. The predicted octanol–water partition coefficient (Wildman–Crippen LogP) is 4.66. The zero-order valence-electron chi connectivity index (χ0n) is 14.1. The lowest BCUT2D eigenvalue weighted by Crippen LogP contribution is -2.26. The van der Waals surface area contributed by atoms with Crippen molar-refractivity contribution in [3.05, 3.63) is 69.3 Å². The van der Waals surface area contributed by atoms with Gasteiger partial charge in [0.05, 0.1) is 16.8 Å². The highest BCUT2D eigenvalue weighted by Gasteiger charge is 2.25. The Hall–Kier alpha value is -2.44. The lowest BCUT2D eigenvalue weighted by Gasteiger charge is -2.13. The van der Waals surface area contributed by atoms with Gasteiger partial charge in [0.2, 0.25) is 0 Å². The van der Waals surface area contributed by atoms with Crippen LogP contribution in [0.1, 0.15) is 39.0 Å². The van der Waals surface area contributed by atoms with E-state index in [1.54, 1.807) is 18.3 Å². The summed E-state index contributed by atoms with van der Waals surface area (Å²) in [7, 11) is 0. The van der Waals surface area contributed by atoms with E-state index in [0.717, 1.165) is 12.8 Å². The number of hydrogen-bond donors (Lipinski definition) is 2. The number of halogens is 1. The molecule has 0 spiro atoms. The molecule has 3 aromatic rings. The number of nitrogens with zero attached hydrogens (tertiary/aromatic N) is 2. The molecule has 0 saturated heterocycles. The summed E-state index contributed by atoms with van der Waals surface area (Å²) in [5.74, 6) is 0.554. The van der Waals surface area contributed by atoms with Crippen LogP contribution in [0.25, 0.3) is 0 Å². The molecule has 1 aliphatic carbocycles. The second-order valence-corrected chi connectivity index (χ2v) is 7.62. The SMILES string of the molecule is Cc1nc(Nc2ccc(Cl)cn2)sc1C(=O)N[C@@H]1CCc2ccccc21. The molecule has 26 heavy (non-hydrogen) atoms. The lowest BCUT2D eigenvalue weighted by atomic mass is 10.1. The van der Waals surface area contributed by atoms with Crippen LogP contribution >= 0.6 is 22.9 Å². The molecule has 5 nitrogen and oxygen atoms in total. The number of aromatic nitrogens is 2. The zero-order chi connectivity index (χ0) is 18.1. The van der Waals surface area contributed by atoms with Gasteiger partial charge in [0.15, 0.2) is 5.13 Å². The van der Waals surface area contributed by atoms with Crippen LogP contribution < -0.4 is 10.6 Å². The minimum Gasteiger partial charge on any atom is -0.344 e. The van der Waals surface area contributed by atoms with Crippen molar-refractivity contribution in [1.82, 2.24) is 15.3 Å². The van der Waals surface area contributed by atoms with Gasteiger partial charge >= 0.3 is 0 Å². The predicted molar refractivity (Wildman–Crippen MR) is 104 cm³/mol. The van der Waals surface area contributed by atoms with Crippen LogP contribution in [-0.4, -0.2) is 15.9 Å². The number of carbonyl (C=O) groups excluding carboxylic acids is 1. The third kappa shape index (κ3) is 3.43. The highest BCUT2D eigenvalue weighted by atomic mass is 35.5. The summed E-state index contributed by atoms with van der Waals surface area (Å²) in [6.45, 7) is 1.84. The Labute approximate surface area is 160 Å². The van der Waals surface area contributed by atoms with Gasteiger partial charge in [-0.15, -0.1) is 0 Å². The number of benzene rings is 1. The molecule has 1 amide bonds. The number of amides is 1. The number of nitrogens with one attached hydrogen (secondary N) is 2. The molecule has 2 N–H and O–H groups in total. The van der Waals surface area contributed by atoms with Crippen molar-refractivity contribution in [3.63, 3.8) is 0 Å². The van der Waals surface area contributed by atoms with Crippen LogP contribution in [0.5, 0.6) is 0 Å². The van der Waals surface area contributed by atoms with Crippen molar-refractivity contribution in [3.8, 4) is 0 Å². The fourth-order valence-corrected chi connectivity index (χ4v) is 4.14. The van der Waals surface area contributed by atoms with E-state index in [4.69, 9.17) is 11.6 Å². The molecule has 0 aliphatic heterocycles. The van der Waals surface area contributed by atoms with E-state index in [1.807, 2.05) is 19.1 Å². The largest absolute Gasteiger partial charge is 0.344 e. The van der Waals surface area contributed by atoms with Crippen LogP contribution in [-0.2, 0) is 6.42 Å². The molecule has 1 aromatic carbocycles. The maximum absolute atomic E-state index is 12.7. The maximum atomic E-state index is 12.7. The second kappa shape index (κ2) is 7.05. The van der Waals surface area contributed by atoms with Gasteiger partial charge in [0.1, 0.15) is 10.7 Å². The third-order valence-corrected chi connectivity index (χ3v) is 5.70. The first-order chi connectivity index (χ1) is 12.6. The van der Waals surface area contributed by atoms with E-state index in [-0.39, 0.29) is 11.9 Å². The first-order valence-corrected chi connectivity index (χ1v) is 9.54. The van der Waals surface area contributed by atoms with Gasteiger partial charge < -0.3 is 10.6 Å². The summed E-state index contributed by atoms with van der Waals surface area (Å²) in [5, 5.41) is 7.47. The lowest BCUT2D eigenvalue weighted by molar-refractivity contribution is 0.0940. The highest BCUT2D eigenvalue weighted by molar-refractivity contribution is 7.17. The van der Waals surface area contributed by atoms with Crippen LogP contribution in [0.4, 0.5) is 10.9 Å². The van der Waals surface area contributed by atoms with Gasteiger partial charge in [-0.2, -0.15) is 0 Å². The molecule has 0 unspecified atom stereocenters. The summed E-state index contributed by atoms with van der Waals surface area (Å²) in [6.07, 6.45) is 3.50. The van der Waals surface area contributed by atoms with Crippen LogP contribution in [0.3, 0.4) is 0 Å². The number of anilines is 2. The number of thiazole rings is 1. The van der Waals surface area contributed by atoms with E-state index in [2.05, 4.69) is 32.7 Å². The molecule has 7 heteroatoms. The Morgan fingerprint density at radius 2 is 2.12 bits per heavy atom. The molecule has 1 atom stereocenters. The quantitative estimate of drug-likeness (QED) is 0.686. The molecule has 0 radical (unpaired) electrons. The Kier molecular flexibility index (Phi) is 4.61. The molecule has 0 fully saturated rings. The van der Waals surface area contributed by atoms with Crippen molar-refractivity contribution < 1.29 is 4.79 Å². The minimum atomic E-state index is -0.0844. The summed E-state index contributed by atoms with van der Waals surface area (Å²) < 4.78 is 0. The number of carbonyl (C=O) groups is 1. The number of fused-ring (bicyclic) bond motifs is 1. The van der Waals surface area contributed by atoms with Gasteiger partial charge in [-0.3, -0.25) is 4.79 Å². The normalized spacial score (nSPS) is 15.5. The molecular weight excluding hydrogens is 368 g/mol. The Balaban J connectivity index is 1.49. The average molecular weight is 385 g/mol. The van der Waals surface area contributed by atoms with Gasteiger partial charge in [-0.1, -0.05) is 47.2 Å². The first kappa shape index (κ1) is 17.0. The third-order valence-electron chi connectivity index (χ3n) is 4.40. The fraction of sp³-hybridized carbons (Fsp3) is 0.211. The second-order valence-electron chi connectivity index (χ2n) is 6.18. The van der Waals surface area contributed by atoms with Gasteiger partial charge in [-0.05, 0) is 43.0 Å². The average Bonchev–Trinajstić information content (AvgIpc) is 3.21. The topological polar surface area (TPSA) is 66.9 Å². The monoisotopic (exact) mass is 384 g/mol. The molecule has 4 rings (SSSR count). The molecule has 0 bridgehead atoms. The first-order valence-electron chi connectivity index (χ1n) is 8.35. The van der Waals surface area contributed by atoms with E-state index >= 15 is 0 Å². The smallest absolute Gasteiger partial charge is 0.263 e. The molecular formula is C19H17ClN4OS. The summed E-state index contributed by atoms with van der Waals surface area (Å²) in [4.78, 5) is 22.0. The Morgan fingerprint density at radius 1 is 1.27 bits per heavy atom. The highest BCUT2D eigenvalue weighted by Crippen LogP contribution is 2.32. The molecule has 0 saturated carbocycles. The standard InChI is InChI=1S/C19H17ClN4OS/c1-11-17(26-19(22-11)24-16-9-7-13(20)10-21-16)18(25)23-15-8-6-12-4-2-3-5-14(12)15/h2-5,7,9-10,15H,6,8H2,1H3,(H,23,25)(H,21,22,24)/t15-/m1/s1. The van der Waals surface area contributed by atoms with E-state index in [9.17, 15) is 4.79 Å². The molecule has 2 heterocycles. The van der Waals surface area contributed by atoms with Gasteiger partial charge in [-0.25, -0.2) is 9.97 Å². The van der Waals surface area contributed by atoms with Gasteiger partial charge in [0.25, 0.3) is 5.91 Å². The number of hydrogen-bond acceptors (Lipinski definition) is 5. The number of aryl methyl sites for hydroxylation is 2. The number of pyridine rings is 1. The summed E-state index contributed by atoms with van der Waals surface area (Å²) in [5.41, 5.74) is 3.23. The van der Waals surface area contributed by atoms with Crippen molar-refractivity contribution in [2.24, 2.45) is 0 Å². The summed E-state index contributed by atoms with van der Waals surface area (Å²) >= 11 is 7.17. The molecule has 1 aliphatic rings. The van der Waals surface area contributed by atoms with Crippen LogP contribution in [0, 0.1) is 6.92 Å². The molecule has 132 valence electrons. The van der Waals surface area contributed by atoms with Crippen molar-refractivity contribution in [2.75, 3.05) is 5.32 Å². The Morgan fingerprint density at radius 3 is 2.92 bits per heavy atom. The zero-order valence-corrected chi connectivity index (χ0v) is 15.7. The van der Waals surface area contributed by atoms with E-state index < -0.39 is 0 Å².